The summed E-state index contributed by atoms with van der Waals surface area (Å²) in [4.78, 5) is 0. The van der Waals surface area contributed by atoms with Gasteiger partial charge >= 0.3 is 0 Å². The summed E-state index contributed by atoms with van der Waals surface area (Å²) >= 11 is 5.93. The highest BCUT2D eigenvalue weighted by Crippen LogP contribution is 2.22. The number of rotatable bonds is 4. The smallest absolute Gasteiger partial charge is 0.123 e. The molecule has 0 amide bonds. The van der Waals surface area contributed by atoms with Crippen LogP contribution in [0.15, 0.2) is 42.5 Å². The predicted octanol–water partition coefficient (Wildman–Crippen LogP) is 4.27. The molecule has 2 aromatic carbocycles. The van der Waals surface area contributed by atoms with Crippen LogP contribution in [-0.2, 0) is 6.54 Å². The van der Waals surface area contributed by atoms with Gasteiger partial charge in [0.05, 0.1) is 7.11 Å². The van der Waals surface area contributed by atoms with Crippen molar-refractivity contribution in [2.24, 2.45) is 0 Å². The Kier molecular flexibility index (Phi) is 4.11. The second-order valence-electron chi connectivity index (χ2n) is 4.12. The van der Waals surface area contributed by atoms with E-state index in [4.69, 9.17) is 16.3 Å². The van der Waals surface area contributed by atoms with Gasteiger partial charge in [0, 0.05) is 22.8 Å². The molecular formula is C15H16ClNO. The van der Waals surface area contributed by atoms with Crippen molar-refractivity contribution in [2.75, 3.05) is 12.4 Å². The van der Waals surface area contributed by atoms with Crippen molar-refractivity contribution in [1.29, 1.82) is 0 Å². The lowest BCUT2D eigenvalue weighted by Crippen LogP contribution is -2.02. The van der Waals surface area contributed by atoms with E-state index in [1.165, 1.54) is 0 Å². The molecule has 0 aliphatic rings. The van der Waals surface area contributed by atoms with E-state index >= 15 is 0 Å². The van der Waals surface area contributed by atoms with E-state index in [9.17, 15) is 0 Å². The molecule has 2 rings (SSSR count). The van der Waals surface area contributed by atoms with Gasteiger partial charge in [-0.1, -0.05) is 29.8 Å². The van der Waals surface area contributed by atoms with Gasteiger partial charge in [-0.05, 0) is 36.8 Å². The van der Waals surface area contributed by atoms with E-state index in [1.54, 1.807) is 7.11 Å². The summed E-state index contributed by atoms with van der Waals surface area (Å²) in [5.41, 5.74) is 3.36. The molecule has 3 heteroatoms. The van der Waals surface area contributed by atoms with Crippen LogP contribution in [-0.4, -0.2) is 7.11 Å². The van der Waals surface area contributed by atoms with E-state index in [-0.39, 0.29) is 0 Å². The van der Waals surface area contributed by atoms with Gasteiger partial charge in [0.1, 0.15) is 5.75 Å². The molecule has 0 unspecified atom stereocenters. The van der Waals surface area contributed by atoms with Gasteiger partial charge in [-0.25, -0.2) is 0 Å². The van der Waals surface area contributed by atoms with Crippen LogP contribution in [0, 0.1) is 6.92 Å². The fourth-order valence-corrected chi connectivity index (χ4v) is 2.09. The highest BCUT2D eigenvalue weighted by molar-refractivity contribution is 6.30. The Morgan fingerprint density at radius 3 is 2.67 bits per heavy atom. The highest BCUT2D eigenvalue weighted by atomic mass is 35.5. The molecule has 2 nitrogen and oxygen atoms in total. The summed E-state index contributed by atoms with van der Waals surface area (Å²) < 4.78 is 5.32. The average molecular weight is 262 g/mol. The first-order valence-corrected chi connectivity index (χ1v) is 6.20. The van der Waals surface area contributed by atoms with Gasteiger partial charge in [-0.3, -0.25) is 0 Å². The first kappa shape index (κ1) is 12.8. The second-order valence-corrected chi connectivity index (χ2v) is 4.56. The lowest BCUT2D eigenvalue weighted by Gasteiger charge is -2.12. The topological polar surface area (TPSA) is 21.3 Å². The maximum absolute atomic E-state index is 5.93. The molecule has 0 heterocycles. The molecule has 0 saturated carbocycles. The Balaban J connectivity index is 2.11. The van der Waals surface area contributed by atoms with Crippen LogP contribution in [0.5, 0.6) is 5.75 Å². The summed E-state index contributed by atoms with van der Waals surface area (Å²) in [6.45, 7) is 2.77. The van der Waals surface area contributed by atoms with Gasteiger partial charge in [0.15, 0.2) is 0 Å². The fourth-order valence-electron chi connectivity index (χ4n) is 1.86. The van der Waals surface area contributed by atoms with Crippen LogP contribution in [0.25, 0.3) is 0 Å². The van der Waals surface area contributed by atoms with E-state index in [1.807, 2.05) is 43.3 Å². The average Bonchev–Trinajstić information content (AvgIpc) is 2.38. The molecule has 0 aliphatic carbocycles. The number of hydrogen-bond acceptors (Lipinski definition) is 2. The second kappa shape index (κ2) is 5.78. The van der Waals surface area contributed by atoms with Gasteiger partial charge in [-0.2, -0.15) is 0 Å². The molecule has 0 saturated heterocycles. The summed E-state index contributed by atoms with van der Waals surface area (Å²) in [5.74, 6) is 0.900. The van der Waals surface area contributed by atoms with Crippen molar-refractivity contribution in [3.05, 3.63) is 58.6 Å². The Bertz CT molecular complexity index is 540. The Morgan fingerprint density at radius 1 is 1.17 bits per heavy atom. The number of hydrogen-bond donors (Lipinski definition) is 1. The van der Waals surface area contributed by atoms with E-state index < -0.39 is 0 Å². The number of methoxy groups -OCH3 is 1. The van der Waals surface area contributed by atoms with Gasteiger partial charge in [0.25, 0.3) is 0 Å². The van der Waals surface area contributed by atoms with Crippen LogP contribution < -0.4 is 10.1 Å². The largest absolute Gasteiger partial charge is 0.496 e. The standard InChI is InChI=1S/C15H16ClNO/c1-11-9-13(16)7-8-14(11)17-10-12-5-3-4-6-15(12)18-2/h3-9,17H,10H2,1-2H3. The Hall–Kier alpha value is -1.67. The third kappa shape index (κ3) is 2.96. The fraction of sp³-hybridized carbons (Fsp3) is 0.200. The van der Waals surface area contributed by atoms with Crippen LogP contribution in [0.1, 0.15) is 11.1 Å². The number of ether oxygens (including phenoxy) is 1. The number of aryl methyl sites for hydroxylation is 1. The van der Waals surface area contributed by atoms with Crippen LogP contribution in [0.4, 0.5) is 5.69 Å². The SMILES string of the molecule is COc1ccccc1CNc1ccc(Cl)cc1C. The molecular weight excluding hydrogens is 246 g/mol. The number of halogens is 1. The molecule has 94 valence electrons. The minimum atomic E-state index is 0.729. The maximum atomic E-state index is 5.93. The zero-order valence-corrected chi connectivity index (χ0v) is 11.3. The predicted molar refractivity (Wildman–Crippen MR) is 76.5 cm³/mol. The van der Waals surface area contributed by atoms with Crippen molar-refractivity contribution >= 4 is 17.3 Å². The van der Waals surface area contributed by atoms with Crippen LogP contribution in [0.2, 0.25) is 5.02 Å². The van der Waals surface area contributed by atoms with Crippen molar-refractivity contribution in [3.8, 4) is 5.75 Å². The van der Waals surface area contributed by atoms with Gasteiger partial charge in [0.2, 0.25) is 0 Å². The minimum Gasteiger partial charge on any atom is -0.496 e. The minimum absolute atomic E-state index is 0.729. The molecule has 0 aromatic heterocycles. The number of anilines is 1. The third-order valence-electron chi connectivity index (χ3n) is 2.85. The Morgan fingerprint density at radius 2 is 1.94 bits per heavy atom. The maximum Gasteiger partial charge on any atom is 0.123 e. The molecule has 0 aliphatic heterocycles. The zero-order chi connectivity index (χ0) is 13.0. The molecule has 0 radical (unpaired) electrons. The van der Waals surface area contributed by atoms with Crippen LogP contribution in [0.3, 0.4) is 0 Å². The molecule has 0 spiro atoms. The monoisotopic (exact) mass is 261 g/mol. The number of benzene rings is 2. The van der Waals surface area contributed by atoms with E-state index in [2.05, 4.69) is 11.4 Å². The lowest BCUT2D eigenvalue weighted by atomic mass is 10.1. The summed E-state index contributed by atoms with van der Waals surface area (Å²) in [6, 6.07) is 13.8. The van der Waals surface area contributed by atoms with Crippen molar-refractivity contribution in [3.63, 3.8) is 0 Å². The van der Waals surface area contributed by atoms with Crippen molar-refractivity contribution < 1.29 is 4.74 Å². The molecule has 1 N–H and O–H groups in total. The third-order valence-corrected chi connectivity index (χ3v) is 3.09. The number of nitrogens with one attached hydrogen (secondary N) is 1. The Labute approximate surface area is 113 Å². The summed E-state index contributed by atoms with van der Waals surface area (Å²) in [7, 11) is 1.69. The van der Waals surface area contributed by atoms with Gasteiger partial charge in [-0.15, -0.1) is 0 Å². The molecule has 2 aromatic rings. The van der Waals surface area contributed by atoms with Crippen LogP contribution >= 0.6 is 11.6 Å². The normalized spacial score (nSPS) is 10.2. The van der Waals surface area contributed by atoms with E-state index in [0.29, 0.717) is 0 Å². The molecule has 18 heavy (non-hydrogen) atoms. The van der Waals surface area contributed by atoms with Gasteiger partial charge < -0.3 is 10.1 Å². The molecule has 0 fully saturated rings. The summed E-state index contributed by atoms with van der Waals surface area (Å²) in [6.07, 6.45) is 0. The molecule has 0 atom stereocenters. The lowest BCUT2D eigenvalue weighted by molar-refractivity contribution is 0.410. The first-order valence-electron chi connectivity index (χ1n) is 5.82. The van der Waals surface area contributed by atoms with Crippen molar-refractivity contribution in [2.45, 2.75) is 13.5 Å². The molecule has 0 bridgehead atoms. The number of para-hydroxylation sites is 1. The first-order chi connectivity index (χ1) is 8.70. The summed E-state index contributed by atoms with van der Waals surface area (Å²) in [5, 5.41) is 4.15. The quantitative estimate of drug-likeness (QED) is 0.888. The highest BCUT2D eigenvalue weighted by Gasteiger charge is 2.03. The zero-order valence-electron chi connectivity index (χ0n) is 10.5. The van der Waals surface area contributed by atoms with E-state index in [0.717, 1.165) is 34.1 Å². The van der Waals surface area contributed by atoms with Crippen molar-refractivity contribution in [1.82, 2.24) is 0 Å².